The third-order valence-electron chi connectivity index (χ3n) is 3.81. The number of rotatable bonds is 6. The number of nitro groups is 1. The van der Waals surface area contributed by atoms with Crippen molar-refractivity contribution in [1.82, 2.24) is 4.90 Å². The summed E-state index contributed by atoms with van der Waals surface area (Å²) in [5.41, 5.74) is 2.85. The average Bonchev–Trinajstić information content (AvgIpc) is 2.63. The first-order valence-electron chi connectivity index (χ1n) is 7.59. The van der Waals surface area contributed by atoms with Gasteiger partial charge in [-0.1, -0.05) is 0 Å². The quantitative estimate of drug-likeness (QED) is 0.432. The highest BCUT2D eigenvalue weighted by Gasteiger charge is 2.23. The molecule has 0 radical (unpaired) electrons. The van der Waals surface area contributed by atoms with Crippen LogP contribution in [0.5, 0.6) is 0 Å². The van der Waals surface area contributed by atoms with Crippen molar-refractivity contribution in [2.45, 2.75) is 0 Å². The van der Waals surface area contributed by atoms with Gasteiger partial charge < -0.3 is 10.0 Å². The maximum absolute atomic E-state index is 11.4. The topological polar surface area (TPSA) is 142 Å². The van der Waals surface area contributed by atoms with E-state index in [1.807, 2.05) is 4.90 Å². The lowest BCUT2D eigenvalue weighted by Gasteiger charge is -2.35. The zero-order chi connectivity index (χ0) is 18.2. The maximum Gasteiger partial charge on any atom is 0.294 e. The molecule has 1 aliphatic rings. The number of aliphatic hydroxyl groups is 1. The van der Waals surface area contributed by atoms with E-state index in [0.717, 1.165) is 13.1 Å². The molecule has 0 amide bonds. The number of hydrogen-bond acceptors (Lipinski definition) is 9. The lowest BCUT2D eigenvalue weighted by Crippen LogP contribution is -2.47. The van der Waals surface area contributed by atoms with Crippen molar-refractivity contribution in [3.8, 4) is 12.1 Å². The molecule has 1 aromatic carbocycles. The smallest absolute Gasteiger partial charge is 0.294 e. The van der Waals surface area contributed by atoms with Crippen molar-refractivity contribution in [3.63, 3.8) is 0 Å². The number of anilines is 2. The van der Waals surface area contributed by atoms with Crippen molar-refractivity contribution >= 4 is 22.8 Å². The zero-order valence-corrected chi connectivity index (χ0v) is 13.4. The summed E-state index contributed by atoms with van der Waals surface area (Å²) in [5.74, 6) is 0. The molecule has 10 heteroatoms. The molecule has 130 valence electrons. The monoisotopic (exact) mass is 343 g/mol. The number of aliphatic hydroxyl groups excluding tert-OH is 1. The third kappa shape index (κ3) is 4.64. The molecule has 1 fully saturated rings. The van der Waals surface area contributed by atoms with E-state index < -0.39 is 4.92 Å². The van der Waals surface area contributed by atoms with E-state index >= 15 is 0 Å². The fourth-order valence-electron chi connectivity index (χ4n) is 2.56. The third-order valence-corrected chi connectivity index (χ3v) is 3.81. The first-order valence-corrected chi connectivity index (χ1v) is 7.59. The molecule has 1 aromatic rings. The molecule has 0 unspecified atom stereocenters. The molecule has 0 atom stereocenters. The van der Waals surface area contributed by atoms with E-state index in [4.69, 9.17) is 15.6 Å². The van der Waals surface area contributed by atoms with Crippen molar-refractivity contribution in [3.05, 3.63) is 28.3 Å². The van der Waals surface area contributed by atoms with Crippen molar-refractivity contribution in [2.75, 3.05) is 49.7 Å². The molecule has 1 saturated heterocycles. The fourth-order valence-corrected chi connectivity index (χ4v) is 2.56. The fraction of sp³-hybridized carbons (Fsp3) is 0.400. The predicted octanol–water partition coefficient (Wildman–Crippen LogP) is 0.524. The van der Waals surface area contributed by atoms with E-state index in [1.165, 1.54) is 6.07 Å². The van der Waals surface area contributed by atoms with Crippen LogP contribution in [0.25, 0.3) is 0 Å². The summed E-state index contributed by atoms with van der Waals surface area (Å²) in [7, 11) is 0. The van der Waals surface area contributed by atoms with E-state index in [9.17, 15) is 10.1 Å². The standard InChI is InChI=1S/C15H17N7O3/c16-10-13(11-17)19-18-12-1-2-14(15(9-12)22(24)25)21-5-3-20(4-6-21)7-8-23/h1-2,9,18,23H,3-8H2. The summed E-state index contributed by atoms with van der Waals surface area (Å²) in [6.45, 7) is 3.37. The Kier molecular flexibility index (Phi) is 6.23. The van der Waals surface area contributed by atoms with Gasteiger partial charge in [0.2, 0.25) is 5.71 Å². The minimum atomic E-state index is -0.472. The first kappa shape index (κ1) is 18.1. The predicted molar refractivity (Wildman–Crippen MR) is 91.1 cm³/mol. The number of hydrogen-bond donors (Lipinski definition) is 2. The van der Waals surface area contributed by atoms with Gasteiger partial charge in [0.1, 0.15) is 17.8 Å². The molecule has 2 N–H and O–H groups in total. The Balaban J connectivity index is 2.17. The van der Waals surface area contributed by atoms with Crippen LogP contribution in [0.4, 0.5) is 17.1 Å². The molecule has 0 spiro atoms. The second-order valence-electron chi connectivity index (χ2n) is 5.31. The van der Waals surface area contributed by atoms with Gasteiger partial charge in [0.05, 0.1) is 17.2 Å². The number of nitriles is 2. The molecule has 25 heavy (non-hydrogen) atoms. The van der Waals surface area contributed by atoms with Crippen LogP contribution in [0.2, 0.25) is 0 Å². The van der Waals surface area contributed by atoms with Gasteiger partial charge in [-0.2, -0.15) is 15.6 Å². The molecule has 0 saturated carbocycles. The lowest BCUT2D eigenvalue weighted by atomic mass is 10.2. The number of hydrazone groups is 1. The van der Waals surface area contributed by atoms with E-state index in [-0.39, 0.29) is 18.0 Å². The van der Waals surface area contributed by atoms with Crippen LogP contribution < -0.4 is 10.3 Å². The molecule has 1 aliphatic heterocycles. The van der Waals surface area contributed by atoms with Crippen LogP contribution in [0.15, 0.2) is 23.3 Å². The number of benzene rings is 1. The number of nitrogens with zero attached hydrogens (tertiary/aromatic N) is 6. The summed E-state index contributed by atoms with van der Waals surface area (Å²) >= 11 is 0. The van der Waals surface area contributed by atoms with Crippen LogP contribution >= 0.6 is 0 Å². The van der Waals surface area contributed by atoms with E-state index in [1.54, 1.807) is 24.3 Å². The van der Waals surface area contributed by atoms with Gasteiger partial charge in [0.15, 0.2) is 0 Å². The second kappa shape index (κ2) is 8.59. The van der Waals surface area contributed by atoms with Crippen molar-refractivity contribution in [2.24, 2.45) is 5.10 Å². The SMILES string of the molecule is N#CC(C#N)=NNc1ccc(N2CCN(CCO)CC2)c([N+](=O)[O-])c1. The molecule has 0 bridgehead atoms. The lowest BCUT2D eigenvalue weighted by molar-refractivity contribution is -0.384. The minimum absolute atomic E-state index is 0.0775. The van der Waals surface area contributed by atoms with Gasteiger partial charge in [-0.25, -0.2) is 0 Å². The molecule has 2 rings (SSSR count). The summed E-state index contributed by atoms with van der Waals surface area (Å²) in [4.78, 5) is 14.9. The molecular weight excluding hydrogens is 326 g/mol. The van der Waals surface area contributed by atoms with Gasteiger partial charge in [-0.3, -0.25) is 20.4 Å². The Morgan fingerprint density at radius 1 is 1.32 bits per heavy atom. The van der Waals surface area contributed by atoms with Crippen LogP contribution in [-0.4, -0.2) is 60.0 Å². The Labute approximate surface area is 144 Å². The van der Waals surface area contributed by atoms with E-state index in [0.29, 0.717) is 31.0 Å². The zero-order valence-electron chi connectivity index (χ0n) is 13.4. The largest absolute Gasteiger partial charge is 0.395 e. The molecule has 0 aromatic heterocycles. The van der Waals surface area contributed by atoms with Gasteiger partial charge in [-0.15, -0.1) is 0 Å². The molecule has 1 heterocycles. The Morgan fingerprint density at radius 2 is 2.00 bits per heavy atom. The number of piperazine rings is 1. The first-order chi connectivity index (χ1) is 12.1. The van der Waals surface area contributed by atoms with Gasteiger partial charge in [0.25, 0.3) is 5.69 Å². The van der Waals surface area contributed by atoms with Crippen molar-refractivity contribution < 1.29 is 10.0 Å². The number of nitro benzene ring substituents is 1. The Hall–Kier alpha value is -3.21. The summed E-state index contributed by atoms with van der Waals surface area (Å²) in [6, 6.07) is 7.75. The Morgan fingerprint density at radius 3 is 2.56 bits per heavy atom. The van der Waals surface area contributed by atoms with E-state index in [2.05, 4.69) is 15.4 Å². The number of β-amino-alcohol motifs (C(OH)–C–C–N with tert-alkyl or cyclic N) is 1. The van der Waals surface area contributed by atoms with Crippen LogP contribution in [-0.2, 0) is 0 Å². The molecular formula is C15H17N7O3. The van der Waals surface area contributed by atoms with Crippen LogP contribution in [0, 0.1) is 32.8 Å². The highest BCUT2D eigenvalue weighted by atomic mass is 16.6. The van der Waals surface area contributed by atoms with Crippen molar-refractivity contribution in [1.29, 1.82) is 10.5 Å². The summed E-state index contributed by atoms with van der Waals surface area (Å²) in [6.07, 6.45) is 0. The minimum Gasteiger partial charge on any atom is -0.395 e. The van der Waals surface area contributed by atoms with Gasteiger partial charge >= 0.3 is 0 Å². The molecule has 10 nitrogen and oxygen atoms in total. The summed E-state index contributed by atoms with van der Waals surface area (Å²) < 4.78 is 0. The normalized spacial score (nSPS) is 14.3. The van der Waals surface area contributed by atoms with Crippen LogP contribution in [0.1, 0.15) is 0 Å². The maximum atomic E-state index is 11.4. The number of nitrogens with one attached hydrogen (secondary N) is 1. The average molecular weight is 343 g/mol. The second-order valence-corrected chi connectivity index (χ2v) is 5.31. The van der Waals surface area contributed by atoms with Gasteiger partial charge in [0, 0.05) is 38.8 Å². The van der Waals surface area contributed by atoms with Gasteiger partial charge in [-0.05, 0) is 12.1 Å². The summed E-state index contributed by atoms with van der Waals surface area (Å²) in [5, 5.41) is 41.2. The highest BCUT2D eigenvalue weighted by molar-refractivity contribution is 6.10. The Bertz CT molecular complexity index is 726. The highest BCUT2D eigenvalue weighted by Crippen LogP contribution is 2.31. The molecule has 0 aliphatic carbocycles. The van der Waals surface area contributed by atoms with Crippen LogP contribution in [0.3, 0.4) is 0 Å².